The summed E-state index contributed by atoms with van der Waals surface area (Å²) in [6.07, 6.45) is 3.33. The molecule has 0 fully saturated rings. The Morgan fingerprint density at radius 2 is 1.41 bits per heavy atom. The second-order valence-corrected chi connectivity index (χ2v) is 9.56. The Morgan fingerprint density at radius 1 is 0.938 bits per heavy atom. The Bertz CT molecular complexity index is 744. The molecule has 0 saturated heterocycles. The van der Waals surface area contributed by atoms with Gasteiger partial charge in [-0.15, -0.1) is 0 Å². The van der Waals surface area contributed by atoms with Gasteiger partial charge in [-0.2, -0.15) is 8.42 Å². The molecule has 1 N–H and O–H groups in total. The van der Waals surface area contributed by atoms with Crippen LogP contribution in [0, 0.1) is 5.41 Å². The van der Waals surface area contributed by atoms with Gasteiger partial charge in [-0.25, -0.2) is 9.59 Å². The molecule has 182 valence electrons. The van der Waals surface area contributed by atoms with Gasteiger partial charge in [-0.3, -0.25) is 9.35 Å². The van der Waals surface area contributed by atoms with Crippen LogP contribution in [0.2, 0.25) is 0 Å². The van der Waals surface area contributed by atoms with E-state index in [4.69, 9.17) is 18.8 Å². The molecule has 0 rings (SSSR count). The molecule has 1 atom stereocenters. The van der Waals surface area contributed by atoms with E-state index in [9.17, 15) is 22.8 Å². The Hall–Kier alpha value is -0.940. The van der Waals surface area contributed by atoms with Crippen molar-refractivity contribution in [3.8, 4) is 0 Å². The number of carbonyl (C=O) groups is 3. The van der Waals surface area contributed by atoms with Crippen LogP contribution in [0.15, 0.2) is 24.3 Å². The molecule has 0 bridgehead atoms. The zero-order valence-corrected chi connectivity index (χ0v) is 19.6. The van der Waals surface area contributed by atoms with Gasteiger partial charge in [0.25, 0.3) is 10.1 Å². The molecule has 0 aliphatic heterocycles. The van der Waals surface area contributed by atoms with E-state index in [2.05, 4.69) is 13.2 Å². The van der Waals surface area contributed by atoms with Crippen LogP contribution in [0.4, 0.5) is 0 Å². The molecule has 0 aromatic carbocycles. The first-order chi connectivity index (χ1) is 14.3. The van der Waals surface area contributed by atoms with Gasteiger partial charge in [0.2, 0.25) is 0 Å². The van der Waals surface area contributed by atoms with Crippen molar-refractivity contribution < 1.29 is 41.6 Å². The summed E-state index contributed by atoms with van der Waals surface area (Å²) in [6.45, 7) is 11.5. The fourth-order valence-corrected chi connectivity index (χ4v) is 2.62. The number of unbranched alkanes of at least 4 members (excludes halogenated alkanes) is 3. The predicted molar refractivity (Wildman–Crippen MR) is 123 cm³/mol. The number of esters is 3. The van der Waals surface area contributed by atoms with Gasteiger partial charge in [0.15, 0.2) is 0 Å². The minimum atomic E-state index is -4.41. The van der Waals surface area contributed by atoms with E-state index in [1.807, 2.05) is 6.92 Å². The molecule has 0 amide bonds. The third-order valence-corrected chi connectivity index (χ3v) is 5.71. The van der Waals surface area contributed by atoms with E-state index in [1.54, 1.807) is 0 Å². The first kappa shape index (κ1) is 33.2. The topological polar surface area (TPSA) is 133 Å². The van der Waals surface area contributed by atoms with Crippen molar-refractivity contribution in [3.63, 3.8) is 0 Å². The zero-order chi connectivity index (χ0) is 24.2. The summed E-state index contributed by atoms with van der Waals surface area (Å²) in [5, 5.41) is -1.36. The second kappa shape index (κ2) is 15.8. The SMILES string of the molecule is C=C(C)C(=O)OCC(CCCCCC)(COC(=O)C(=C)C)C(=O)OCC(C)S(=O)(=O)O.[CaH2]. The third kappa shape index (κ3) is 12.3. The Labute approximate surface area is 220 Å². The van der Waals surface area contributed by atoms with E-state index in [1.165, 1.54) is 20.8 Å². The normalized spacial score (nSPS) is 12.2. The van der Waals surface area contributed by atoms with Gasteiger partial charge in [0.05, 0.1) is 0 Å². The molecule has 0 aromatic rings. The molecule has 0 radical (unpaired) electrons. The molecular weight excluding hydrogens is 468 g/mol. The maximum atomic E-state index is 13.0. The van der Waals surface area contributed by atoms with Gasteiger partial charge in [0, 0.05) is 11.1 Å². The summed E-state index contributed by atoms with van der Waals surface area (Å²) in [6, 6.07) is 0. The van der Waals surface area contributed by atoms with Gasteiger partial charge in [0.1, 0.15) is 30.5 Å². The van der Waals surface area contributed by atoms with Crippen LogP contribution in [0.3, 0.4) is 0 Å². The van der Waals surface area contributed by atoms with Crippen molar-refractivity contribution in [1.29, 1.82) is 0 Å². The standard InChI is InChI=1S/C21H34O9S.Ca.2H/c1-7-8-9-10-11-21(13-29-18(22)15(2)3,14-30-19(23)16(4)5)20(24)28-12-17(6)31(25,26)27;;;/h17H,2,4,7-14H2,1,3,5-6H3,(H,25,26,27);;;. The first-order valence-electron chi connectivity index (χ1n) is 10.1. The minimum absolute atomic E-state index is 0. The average Bonchev–Trinajstić information content (AvgIpc) is 2.68. The average molecular weight is 505 g/mol. The van der Waals surface area contributed by atoms with E-state index in [-0.39, 0.29) is 55.3 Å². The van der Waals surface area contributed by atoms with Crippen LogP contribution in [-0.2, 0) is 38.7 Å². The van der Waals surface area contributed by atoms with Crippen LogP contribution in [0.5, 0.6) is 0 Å². The molecule has 0 aliphatic rings. The van der Waals surface area contributed by atoms with Gasteiger partial charge < -0.3 is 14.2 Å². The summed E-state index contributed by atoms with van der Waals surface area (Å²) in [5.74, 6) is -2.37. The quantitative estimate of drug-likeness (QED) is 0.0888. The van der Waals surface area contributed by atoms with Gasteiger partial charge >= 0.3 is 55.6 Å². The van der Waals surface area contributed by atoms with Crippen molar-refractivity contribution in [2.24, 2.45) is 5.41 Å². The van der Waals surface area contributed by atoms with E-state index >= 15 is 0 Å². The molecule has 0 heterocycles. The van der Waals surface area contributed by atoms with Crippen molar-refractivity contribution >= 4 is 65.8 Å². The molecule has 32 heavy (non-hydrogen) atoms. The van der Waals surface area contributed by atoms with E-state index in [0.717, 1.165) is 19.3 Å². The molecule has 0 aromatic heterocycles. The predicted octanol–water partition coefficient (Wildman–Crippen LogP) is 2.09. The summed E-state index contributed by atoms with van der Waals surface area (Å²) in [4.78, 5) is 36.8. The number of hydrogen-bond acceptors (Lipinski definition) is 8. The number of hydrogen-bond donors (Lipinski definition) is 1. The number of ether oxygens (including phenoxy) is 3. The Balaban J connectivity index is 0. The van der Waals surface area contributed by atoms with Crippen molar-refractivity contribution in [3.05, 3.63) is 24.3 Å². The van der Waals surface area contributed by atoms with Crippen LogP contribution in [-0.4, -0.2) is 93.7 Å². The number of rotatable bonds is 15. The van der Waals surface area contributed by atoms with Gasteiger partial charge in [-0.05, 0) is 27.2 Å². The Morgan fingerprint density at radius 3 is 1.78 bits per heavy atom. The maximum absolute atomic E-state index is 13.0. The zero-order valence-electron chi connectivity index (χ0n) is 18.8. The fourth-order valence-electron chi connectivity index (χ4n) is 2.38. The molecule has 0 aliphatic carbocycles. The molecule has 9 nitrogen and oxygen atoms in total. The molecule has 11 heteroatoms. The van der Waals surface area contributed by atoms with Gasteiger partial charge in [-0.1, -0.05) is 45.8 Å². The summed E-state index contributed by atoms with van der Waals surface area (Å²) in [7, 11) is -4.41. The first-order valence-corrected chi connectivity index (χ1v) is 11.6. The van der Waals surface area contributed by atoms with Crippen LogP contribution in [0.25, 0.3) is 0 Å². The molecule has 0 spiro atoms. The van der Waals surface area contributed by atoms with Crippen molar-refractivity contribution in [2.75, 3.05) is 19.8 Å². The molecule has 0 saturated carbocycles. The summed E-state index contributed by atoms with van der Waals surface area (Å²) >= 11 is 0. The monoisotopic (exact) mass is 504 g/mol. The number of carbonyl (C=O) groups excluding carboxylic acids is 3. The summed E-state index contributed by atoms with van der Waals surface area (Å²) < 4.78 is 47.1. The van der Waals surface area contributed by atoms with E-state index in [0.29, 0.717) is 6.42 Å². The van der Waals surface area contributed by atoms with Crippen molar-refractivity contribution in [1.82, 2.24) is 0 Å². The fraction of sp³-hybridized carbons (Fsp3) is 0.667. The van der Waals surface area contributed by atoms with Crippen LogP contribution < -0.4 is 0 Å². The second-order valence-electron chi connectivity index (χ2n) is 7.73. The van der Waals surface area contributed by atoms with Crippen LogP contribution in [0.1, 0.15) is 59.8 Å². The van der Waals surface area contributed by atoms with Crippen molar-refractivity contribution in [2.45, 2.75) is 65.0 Å². The molecule has 1 unspecified atom stereocenters. The summed E-state index contributed by atoms with van der Waals surface area (Å²) in [5.41, 5.74) is -1.32. The van der Waals surface area contributed by atoms with E-state index < -0.39 is 58.5 Å². The van der Waals surface area contributed by atoms with Crippen LogP contribution >= 0.6 is 0 Å². The third-order valence-electron chi connectivity index (χ3n) is 4.56. The molecular formula is C21H36CaO9S. The Kier molecular flexibility index (Phi) is 16.4.